The van der Waals surface area contributed by atoms with E-state index in [2.05, 4.69) is 14.6 Å². The van der Waals surface area contributed by atoms with E-state index >= 15 is 0 Å². The number of anilines is 2. The van der Waals surface area contributed by atoms with Gasteiger partial charge >= 0.3 is 6.61 Å². The first-order valence-electron chi connectivity index (χ1n) is 9.55. The summed E-state index contributed by atoms with van der Waals surface area (Å²) in [7, 11) is 0. The predicted octanol–water partition coefficient (Wildman–Crippen LogP) is 2.97. The third-order valence-electron chi connectivity index (χ3n) is 5.79. The summed E-state index contributed by atoms with van der Waals surface area (Å²) < 4.78 is 35.5. The molecule has 7 nitrogen and oxygen atoms in total. The lowest BCUT2D eigenvalue weighted by Crippen LogP contribution is -2.37. The highest BCUT2D eigenvalue weighted by molar-refractivity contribution is 5.67. The van der Waals surface area contributed by atoms with Gasteiger partial charge < -0.3 is 20.1 Å². The molecule has 0 aromatic carbocycles. The number of nitrogen functional groups attached to an aromatic ring is 1. The summed E-state index contributed by atoms with van der Waals surface area (Å²) in [6.45, 7) is -1.45. The number of nitrogens with zero attached hydrogens (tertiary/aromatic N) is 4. The van der Waals surface area contributed by atoms with E-state index in [9.17, 15) is 8.78 Å². The Labute approximate surface area is 160 Å². The molecule has 2 atom stereocenters. The number of nitrogens with two attached hydrogens (primary N) is 1. The molecule has 3 aliphatic rings. The lowest BCUT2D eigenvalue weighted by molar-refractivity contribution is -0.0494. The van der Waals surface area contributed by atoms with E-state index < -0.39 is 6.61 Å². The van der Waals surface area contributed by atoms with E-state index in [0.717, 1.165) is 37.4 Å². The molecule has 0 amide bonds. The van der Waals surface area contributed by atoms with Gasteiger partial charge in [0.1, 0.15) is 11.6 Å². The van der Waals surface area contributed by atoms with Crippen LogP contribution in [0.5, 0.6) is 5.75 Å². The van der Waals surface area contributed by atoms with Gasteiger partial charge in [-0.25, -0.2) is 15.0 Å². The highest BCUT2D eigenvalue weighted by Gasteiger charge is 2.40. The van der Waals surface area contributed by atoms with Crippen LogP contribution in [-0.4, -0.2) is 46.9 Å². The minimum Gasteiger partial charge on any atom is -0.431 e. The molecular formula is C19H21F2N5O2. The van der Waals surface area contributed by atoms with Crippen molar-refractivity contribution in [2.45, 2.75) is 50.4 Å². The molecule has 2 N–H and O–H groups in total. The Kier molecular flexibility index (Phi) is 4.26. The normalized spacial score (nSPS) is 24.0. The Bertz CT molecular complexity index is 893. The van der Waals surface area contributed by atoms with Crippen LogP contribution in [0.4, 0.5) is 20.4 Å². The van der Waals surface area contributed by atoms with Gasteiger partial charge in [0, 0.05) is 30.3 Å². The van der Waals surface area contributed by atoms with E-state index in [0.29, 0.717) is 29.8 Å². The van der Waals surface area contributed by atoms with Crippen molar-refractivity contribution < 1.29 is 18.3 Å². The average molecular weight is 389 g/mol. The molecule has 2 aliphatic heterocycles. The molecule has 28 heavy (non-hydrogen) atoms. The van der Waals surface area contributed by atoms with Crippen molar-refractivity contribution in [3.63, 3.8) is 0 Å². The lowest BCUT2D eigenvalue weighted by atomic mass is 9.85. The van der Waals surface area contributed by atoms with Crippen molar-refractivity contribution in [3.05, 3.63) is 24.2 Å². The van der Waals surface area contributed by atoms with Crippen LogP contribution in [-0.2, 0) is 4.74 Å². The highest BCUT2D eigenvalue weighted by Crippen LogP contribution is 2.39. The molecule has 2 unspecified atom stereocenters. The Balaban J connectivity index is 1.54. The quantitative estimate of drug-likeness (QED) is 0.841. The number of pyridine rings is 1. The molecule has 1 saturated carbocycles. The minimum atomic E-state index is -2.97. The minimum absolute atomic E-state index is 0.0773. The molecule has 5 rings (SSSR count). The maximum atomic E-state index is 12.7. The third-order valence-corrected chi connectivity index (χ3v) is 5.79. The Morgan fingerprint density at radius 2 is 2.11 bits per heavy atom. The van der Waals surface area contributed by atoms with Crippen molar-refractivity contribution in [3.8, 4) is 17.0 Å². The van der Waals surface area contributed by atoms with Gasteiger partial charge in [-0.3, -0.25) is 0 Å². The molecule has 148 valence electrons. The second-order valence-corrected chi connectivity index (χ2v) is 7.58. The summed E-state index contributed by atoms with van der Waals surface area (Å²) in [5.74, 6) is 1.78. The van der Waals surface area contributed by atoms with Gasteiger partial charge in [0.25, 0.3) is 0 Å². The summed E-state index contributed by atoms with van der Waals surface area (Å²) in [6.07, 6.45) is 6.10. The highest BCUT2D eigenvalue weighted by atomic mass is 19.3. The monoisotopic (exact) mass is 389 g/mol. The van der Waals surface area contributed by atoms with Gasteiger partial charge in [0.15, 0.2) is 11.6 Å². The fraction of sp³-hybridized carbons (Fsp3) is 0.526. The van der Waals surface area contributed by atoms with Crippen molar-refractivity contribution in [1.82, 2.24) is 15.0 Å². The Hall–Kier alpha value is -2.55. The van der Waals surface area contributed by atoms with Gasteiger partial charge in [0.2, 0.25) is 0 Å². The molecule has 2 bridgehead atoms. The Morgan fingerprint density at radius 3 is 2.75 bits per heavy atom. The van der Waals surface area contributed by atoms with Crippen molar-refractivity contribution in [2.75, 3.05) is 23.8 Å². The molecule has 2 saturated heterocycles. The van der Waals surface area contributed by atoms with Gasteiger partial charge in [0.05, 0.1) is 24.4 Å². The largest absolute Gasteiger partial charge is 0.431 e. The predicted molar refractivity (Wildman–Crippen MR) is 98.4 cm³/mol. The molecular weight excluding hydrogens is 368 g/mol. The maximum Gasteiger partial charge on any atom is 0.387 e. The van der Waals surface area contributed by atoms with Crippen LogP contribution >= 0.6 is 0 Å². The summed E-state index contributed by atoms with van der Waals surface area (Å²) in [5.41, 5.74) is 6.89. The van der Waals surface area contributed by atoms with Gasteiger partial charge in [-0.1, -0.05) is 6.42 Å². The SMILES string of the molecule is Nc1ncc(-c2cc(N3CC4CC3CO4)nc(C3CCC3)n2)cc1OC(F)F. The van der Waals surface area contributed by atoms with Crippen molar-refractivity contribution >= 4 is 11.6 Å². The number of hydrogen-bond acceptors (Lipinski definition) is 7. The second-order valence-electron chi connectivity index (χ2n) is 7.58. The van der Waals surface area contributed by atoms with Crippen LogP contribution in [0.3, 0.4) is 0 Å². The van der Waals surface area contributed by atoms with Crippen LogP contribution in [0.15, 0.2) is 18.3 Å². The van der Waals surface area contributed by atoms with E-state index in [1.807, 2.05) is 6.07 Å². The number of hydrogen-bond donors (Lipinski definition) is 1. The standard InChI is InChI=1S/C19H21F2N5O2/c20-19(21)28-15-4-11(7-23-17(15)22)14-6-16(25-18(24-14)10-2-1-3-10)26-8-13-5-12(26)9-27-13/h4,6-7,10,12-13,19H,1-3,5,8-9H2,(H2,22,23). The molecule has 9 heteroatoms. The summed E-state index contributed by atoms with van der Waals surface area (Å²) >= 11 is 0. The second kappa shape index (κ2) is 6.80. The fourth-order valence-corrected chi connectivity index (χ4v) is 4.06. The molecule has 0 spiro atoms. The van der Waals surface area contributed by atoms with E-state index in [1.165, 1.54) is 18.7 Å². The molecule has 2 aromatic rings. The number of rotatable bonds is 5. The number of morpholine rings is 1. The zero-order valence-corrected chi connectivity index (χ0v) is 15.2. The van der Waals surface area contributed by atoms with Crippen LogP contribution in [0.25, 0.3) is 11.3 Å². The maximum absolute atomic E-state index is 12.7. The van der Waals surface area contributed by atoms with E-state index in [-0.39, 0.29) is 17.7 Å². The van der Waals surface area contributed by atoms with E-state index in [1.54, 1.807) is 0 Å². The van der Waals surface area contributed by atoms with Gasteiger partial charge in [-0.05, 0) is 25.3 Å². The molecule has 1 aliphatic carbocycles. The first kappa shape index (κ1) is 17.5. The molecule has 2 aromatic heterocycles. The molecule has 3 fully saturated rings. The van der Waals surface area contributed by atoms with Gasteiger partial charge in [-0.2, -0.15) is 8.78 Å². The average Bonchev–Trinajstić information content (AvgIpc) is 3.25. The van der Waals surface area contributed by atoms with Crippen LogP contribution < -0.4 is 15.4 Å². The smallest absolute Gasteiger partial charge is 0.387 e. The lowest BCUT2D eigenvalue weighted by Gasteiger charge is -2.30. The number of aromatic nitrogens is 3. The first-order chi connectivity index (χ1) is 13.6. The summed E-state index contributed by atoms with van der Waals surface area (Å²) in [5, 5.41) is 0. The van der Waals surface area contributed by atoms with Crippen molar-refractivity contribution in [2.24, 2.45) is 0 Å². The van der Waals surface area contributed by atoms with Crippen molar-refractivity contribution in [1.29, 1.82) is 0 Å². The summed E-state index contributed by atoms with van der Waals surface area (Å²) in [4.78, 5) is 15.8. The zero-order chi connectivity index (χ0) is 19.3. The number of fused-ring (bicyclic) bond motifs is 2. The van der Waals surface area contributed by atoms with Crippen LogP contribution in [0.1, 0.15) is 37.4 Å². The fourth-order valence-electron chi connectivity index (χ4n) is 4.06. The zero-order valence-electron chi connectivity index (χ0n) is 15.2. The number of ether oxygens (including phenoxy) is 2. The number of alkyl halides is 2. The van der Waals surface area contributed by atoms with E-state index in [4.69, 9.17) is 20.4 Å². The van der Waals surface area contributed by atoms with Crippen LogP contribution in [0.2, 0.25) is 0 Å². The Morgan fingerprint density at radius 1 is 1.25 bits per heavy atom. The van der Waals surface area contributed by atoms with Gasteiger partial charge in [-0.15, -0.1) is 0 Å². The summed E-state index contributed by atoms with van der Waals surface area (Å²) in [6, 6.07) is 3.68. The third kappa shape index (κ3) is 3.13. The molecule has 4 heterocycles. The first-order valence-corrected chi connectivity index (χ1v) is 9.55. The topological polar surface area (TPSA) is 86.4 Å². The molecule has 0 radical (unpaired) electrons. The number of halogens is 2. The van der Waals surface area contributed by atoms with Crippen LogP contribution in [0, 0.1) is 0 Å².